The van der Waals surface area contributed by atoms with E-state index in [9.17, 15) is 10.1 Å². The van der Waals surface area contributed by atoms with Crippen LogP contribution in [0.3, 0.4) is 0 Å². The average molecular weight is 335 g/mol. The minimum atomic E-state index is -0.455. The Bertz CT molecular complexity index is 912. The molecular weight excluding hydrogens is 322 g/mol. The normalized spacial score (nSPS) is 10.2. The monoisotopic (exact) mass is 335 g/mol. The van der Waals surface area contributed by atoms with Crippen LogP contribution in [-0.4, -0.2) is 15.3 Å². The second-order valence-electron chi connectivity index (χ2n) is 5.00. The van der Waals surface area contributed by atoms with Gasteiger partial charge in [-0.05, 0) is 23.3 Å². The third-order valence-electron chi connectivity index (χ3n) is 3.54. The summed E-state index contributed by atoms with van der Waals surface area (Å²) in [7, 11) is 0. The summed E-state index contributed by atoms with van der Waals surface area (Å²) in [5, 5.41) is 15.9. The van der Waals surface area contributed by atoms with Crippen LogP contribution >= 0.6 is 12.2 Å². The highest BCUT2D eigenvalue weighted by Gasteiger charge is 2.16. The maximum Gasteiger partial charge on any atom is 0.311 e. The molecule has 2 aromatic carbocycles. The minimum absolute atomic E-state index is 0.0737. The Labute approximate surface area is 144 Å². The molecule has 1 heterocycles. The van der Waals surface area contributed by atoms with Crippen molar-refractivity contribution in [2.75, 3.05) is 5.32 Å². The van der Waals surface area contributed by atoms with E-state index in [-0.39, 0.29) is 11.5 Å². The summed E-state index contributed by atoms with van der Waals surface area (Å²) in [6, 6.07) is 18.3. The van der Waals surface area contributed by atoms with Crippen molar-refractivity contribution in [1.82, 2.24) is 4.98 Å². The maximum absolute atomic E-state index is 11.2. The van der Waals surface area contributed by atoms with E-state index < -0.39 is 4.92 Å². The van der Waals surface area contributed by atoms with E-state index in [4.69, 9.17) is 12.2 Å². The number of pyridine rings is 1. The molecule has 0 unspecified atom stereocenters. The van der Waals surface area contributed by atoms with Crippen LogP contribution in [0.15, 0.2) is 66.9 Å². The third-order valence-corrected chi connectivity index (χ3v) is 3.80. The zero-order chi connectivity index (χ0) is 16.9. The molecule has 0 atom stereocenters. The van der Waals surface area contributed by atoms with Crippen molar-refractivity contribution in [1.29, 1.82) is 0 Å². The number of nitro groups is 1. The molecule has 0 aliphatic carbocycles. The summed E-state index contributed by atoms with van der Waals surface area (Å²) in [5.41, 5.74) is 3.42. The highest BCUT2D eigenvalue weighted by Crippen LogP contribution is 2.33. The van der Waals surface area contributed by atoms with E-state index in [1.165, 1.54) is 18.3 Å². The number of thiocarbonyl (C=S) groups is 1. The fourth-order valence-corrected chi connectivity index (χ4v) is 2.65. The topological polar surface area (TPSA) is 68.1 Å². The summed E-state index contributed by atoms with van der Waals surface area (Å²) >= 11 is 5.09. The van der Waals surface area contributed by atoms with Crippen molar-refractivity contribution >= 4 is 34.8 Å². The smallest absolute Gasteiger partial charge is 0.311 e. The first-order valence-electron chi connectivity index (χ1n) is 7.20. The lowest BCUT2D eigenvalue weighted by molar-refractivity contribution is -0.384. The molecule has 3 rings (SSSR count). The molecule has 0 aliphatic heterocycles. The Kier molecular flexibility index (Phi) is 4.58. The summed E-state index contributed by atoms with van der Waals surface area (Å²) in [4.78, 5) is 14.8. The molecule has 3 aromatic rings. The van der Waals surface area contributed by atoms with Gasteiger partial charge in [0, 0.05) is 28.9 Å². The quantitative estimate of drug-likeness (QED) is 0.414. The molecular formula is C18H13N3O2S. The molecule has 0 radical (unpaired) electrons. The Morgan fingerprint density at radius 3 is 2.46 bits per heavy atom. The maximum atomic E-state index is 11.2. The SMILES string of the molecule is O=[N+]([O-])c1cccnc1Nc1ccccc1-c1ccccc1C=S. The molecule has 0 fully saturated rings. The van der Waals surface area contributed by atoms with Crippen LogP contribution in [0.2, 0.25) is 0 Å². The standard InChI is InChI=1S/C18H13N3O2S/c22-21(23)17-10-5-11-19-18(17)20-16-9-4-3-8-15(16)14-7-2-1-6-13(14)12-24/h1-12H,(H,19,20). The lowest BCUT2D eigenvalue weighted by Gasteiger charge is -2.13. The minimum Gasteiger partial charge on any atom is -0.334 e. The van der Waals surface area contributed by atoms with Crippen LogP contribution in [0.5, 0.6) is 0 Å². The van der Waals surface area contributed by atoms with Crippen molar-refractivity contribution in [2.24, 2.45) is 0 Å². The van der Waals surface area contributed by atoms with Crippen molar-refractivity contribution in [2.45, 2.75) is 0 Å². The third kappa shape index (κ3) is 3.13. The van der Waals surface area contributed by atoms with Crippen LogP contribution in [0.1, 0.15) is 5.56 Å². The zero-order valence-corrected chi connectivity index (χ0v) is 13.4. The van der Waals surface area contributed by atoms with Gasteiger partial charge in [-0.15, -0.1) is 0 Å². The lowest BCUT2D eigenvalue weighted by Crippen LogP contribution is -2.00. The number of hydrogen-bond acceptors (Lipinski definition) is 5. The van der Waals surface area contributed by atoms with Gasteiger partial charge in [0.15, 0.2) is 0 Å². The predicted molar refractivity (Wildman–Crippen MR) is 98.8 cm³/mol. The largest absolute Gasteiger partial charge is 0.334 e. The van der Waals surface area contributed by atoms with Crippen molar-refractivity contribution in [3.8, 4) is 11.1 Å². The van der Waals surface area contributed by atoms with E-state index in [2.05, 4.69) is 10.3 Å². The highest BCUT2D eigenvalue weighted by molar-refractivity contribution is 7.79. The fraction of sp³-hybridized carbons (Fsp3) is 0. The first-order chi connectivity index (χ1) is 11.7. The van der Waals surface area contributed by atoms with Gasteiger partial charge in [-0.1, -0.05) is 54.7 Å². The number of aromatic nitrogens is 1. The summed E-state index contributed by atoms with van der Waals surface area (Å²) in [6.07, 6.45) is 1.52. The van der Waals surface area contributed by atoms with Crippen LogP contribution in [-0.2, 0) is 0 Å². The van der Waals surface area contributed by atoms with Crippen LogP contribution in [0.4, 0.5) is 17.2 Å². The van der Waals surface area contributed by atoms with Crippen molar-refractivity contribution in [3.05, 3.63) is 82.5 Å². The summed E-state index contributed by atoms with van der Waals surface area (Å²) in [6.45, 7) is 0. The van der Waals surface area contributed by atoms with E-state index in [1.807, 2.05) is 48.5 Å². The molecule has 1 aromatic heterocycles. The van der Waals surface area contributed by atoms with Gasteiger partial charge in [-0.3, -0.25) is 10.1 Å². The van der Waals surface area contributed by atoms with Crippen LogP contribution in [0.25, 0.3) is 11.1 Å². The fourth-order valence-electron chi connectivity index (χ4n) is 2.44. The Morgan fingerprint density at radius 1 is 1.00 bits per heavy atom. The van der Waals surface area contributed by atoms with Gasteiger partial charge in [-0.2, -0.15) is 0 Å². The number of rotatable bonds is 5. The Morgan fingerprint density at radius 2 is 1.71 bits per heavy atom. The van der Waals surface area contributed by atoms with Crippen LogP contribution < -0.4 is 5.32 Å². The first-order valence-corrected chi connectivity index (χ1v) is 7.68. The molecule has 24 heavy (non-hydrogen) atoms. The molecule has 0 spiro atoms. The predicted octanol–water partition coefficient (Wildman–Crippen LogP) is 4.75. The Hall–Kier alpha value is -3.12. The molecule has 5 nitrogen and oxygen atoms in total. The second-order valence-corrected chi connectivity index (χ2v) is 5.24. The molecule has 0 aliphatic rings. The molecule has 1 N–H and O–H groups in total. The van der Waals surface area contributed by atoms with Gasteiger partial charge in [0.25, 0.3) is 0 Å². The molecule has 0 saturated carbocycles. The van der Waals surface area contributed by atoms with Gasteiger partial charge in [0.05, 0.1) is 4.92 Å². The zero-order valence-electron chi connectivity index (χ0n) is 12.5. The van der Waals surface area contributed by atoms with E-state index in [0.717, 1.165) is 22.4 Å². The molecule has 0 saturated heterocycles. The number of hydrogen-bond donors (Lipinski definition) is 1. The van der Waals surface area contributed by atoms with Gasteiger partial charge in [0.1, 0.15) is 0 Å². The molecule has 0 amide bonds. The lowest BCUT2D eigenvalue weighted by atomic mass is 9.99. The second kappa shape index (κ2) is 6.97. The van der Waals surface area contributed by atoms with E-state index >= 15 is 0 Å². The summed E-state index contributed by atoms with van der Waals surface area (Å²) < 4.78 is 0. The molecule has 118 valence electrons. The number of anilines is 2. The number of benzene rings is 2. The van der Waals surface area contributed by atoms with Crippen molar-refractivity contribution in [3.63, 3.8) is 0 Å². The average Bonchev–Trinajstić information content (AvgIpc) is 2.62. The van der Waals surface area contributed by atoms with E-state index in [1.54, 1.807) is 5.37 Å². The van der Waals surface area contributed by atoms with Gasteiger partial charge in [0.2, 0.25) is 5.82 Å². The van der Waals surface area contributed by atoms with Crippen LogP contribution in [0, 0.1) is 10.1 Å². The number of nitrogens with one attached hydrogen (secondary N) is 1. The molecule has 6 heteroatoms. The number of nitrogens with zero attached hydrogens (tertiary/aromatic N) is 2. The first kappa shape index (κ1) is 15.8. The van der Waals surface area contributed by atoms with Crippen molar-refractivity contribution < 1.29 is 4.92 Å². The van der Waals surface area contributed by atoms with Gasteiger partial charge < -0.3 is 5.32 Å². The number of para-hydroxylation sites is 1. The Balaban J connectivity index is 2.09. The van der Waals surface area contributed by atoms with E-state index in [0.29, 0.717) is 0 Å². The van der Waals surface area contributed by atoms with Gasteiger partial charge in [-0.25, -0.2) is 4.98 Å². The molecule has 0 bridgehead atoms. The van der Waals surface area contributed by atoms with Gasteiger partial charge >= 0.3 is 5.69 Å². The summed E-state index contributed by atoms with van der Waals surface area (Å²) in [5.74, 6) is 0.204. The highest BCUT2D eigenvalue weighted by atomic mass is 32.1.